The third-order valence-corrected chi connectivity index (χ3v) is 5.45. The highest BCUT2D eigenvalue weighted by Gasteiger charge is 2.12. The number of nitrogens with zero attached hydrogens (tertiary/aromatic N) is 1. The lowest BCUT2D eigenvalue weighted by Gasteiger charge is -2.11. The first-order chi connectivity index (χ1) is 15.9. The van der Waals surface area contributed by atoms with Crippen LogP contribution in [0.2, 0.25) is 0 Å². The molecule has 0 spiro atoms. The molecule has 4 rings (SSSR count). The number of nitrogens with one attached hydrogen (secondary N) is 2. The molecule has 0 fully saturated rings. The van der Waals surface area contributed by atoms with Crippen LogP contribution in [0.3, 0.4) is 0 Å². The molecule has 0 aliphatic carbocycles. The minimum Gasteiger partial charge on any atom is -0.481 e. The molecule has 1 amide bonds. The summed E-state index contributed by atoms with van der Waals surface area (Å²) in [5.41, 5.74) is 5.71. The van der Waals surface area contributed by atoms with Gasteiger partial charge in [0.25, 0.3) is 6.01 Å². The number of anilines is 3. The SMILES string of the molecule is Cc1ccccc1Nc1nc2ccc(CC(=O)Nc3ccc([C@H](C)CC(=O)O)cc3)cc2o1. The number of aliphatic carboxylic acids is 1. The summed E-state index contributed by atoms with van der Waals surface area (Å²) >= 11 is 0. The van der Waals surface area contributed by atoms with Crippen LogP contribution in [-0.4, -0.2) is 22.0 Å². The van der Waals surface area contributed by atoms with Crippen LogP contribution in [0, 0.1) is 6.92 Å². The standard InChI is InChI=1S/C26H25N3O4/c1-16-5-3-4-6-21(16)28-26-29-22-12-7-18(14-23(22)33-26)15-24(30)27-20-10-8-19(9-11-20)17(2)13-25(31)32/h3-12,14,17H,13,15H2,1-2H3,(H,27,30)(H,28,29)(H,31,32)/t17-/m1/s1. The van der Waals surface area contributed by atoms with Crippen LogP contribution in [-0.2, 0) is 16.0 Å². The van der Waals surface area contributed by atoms with Crippen molar-refractivity contribution in [2.75, 3.05) is 10.6 Å². The summed E-state index contributed by atoms with van der Waals surface area (Å²) in [5.74, 6) is -1.08. The fraction of sp³-hybridized carbons (Fsp3) is 0.192. The van der Waals surface area contributed by atoms with Crippen molar-refractivity contribution in [3.8, 4) is 0 Å². The normalized spacial score (nSPS) is 11.8. The van der Waals surface area contributed by atoms with E-state index in [0.29, 0.717) is 22.8 Å². The number of para-hydroxylation sites is 1. The Labute approximate surface area is 191 Å². The number of aryl methyl sites for hydroxylation is 1. The maximum Gasteiger partial charge on any atom is 0.303 e. The Morgan fingerprint density at radius 1 is 1.06 bits per heavy atom. The van der Waals surface area contributed by atoms with E-state index in [9.17, 15) is 9.59 Å². The molecule has 0 saturated heterocycles. The van der Waals surface area contributed by atoms with Gasteiger partial charge in [0.05, 0.1) is 12.8 Å². The van der Waals surface area contributed by atoms with Gasteiger partial charge in [-0.3, -0.25) is 9.59 Å². The summed E-state index contributed by atoms with van der Waals surface area (Å²) in [7, 11) is 0. The average Bonchev–Trinajstić information content (AvgIpc) is 3.17. The largest absolute Gasteiger partial charge is 0.481 e. The van der Waals surface area contributed by atoms with Crippen molar-refractivity contribution in [2.24, 2.45) is 0 Å². The quantitative estimate of drug-likeness (QED) is 0.326. The molecule has 0 saturated carbocycles. The Morgan fingerprint density at radius 3 is 2.55 bits per heavy atom. The Kier molecular flexibility index (Phi) is 6.40. The van der Waals surface area contributed by atoms with Gasteiger partial charge < -0.3 is 20.2 Å². The Bertz CT molecular complexity index is 1290. The second kappa shape index (κ2) is 9.56. The Morgan fingerprint density at radius 2 is 1.82 bits per heavy atom. The van der Waals surface area contributed by atoms with Gasteiger partial charge in [-0.25, -0.2) is 0 Å². The molecule has 168 valence electrons. The Balaban J connectivity index is 1.39. The lowest BCUT2D eigenvalue weighted by molar-refractivity contribution is -0.137. The number of fused-ring (bicyclic) bond motifs is 1. The number of hydrogen-bond donors (Lipinski definition) is 3. The van der Waals surface area contributed by atoms with Crippen molar-refractivity contribution in [1.29, 1.82) is 0 Å². The van der Waals surface area contributed by atoms with Crippen LogP contribution in [0.15, 0.2) is 71.1 Å². The highest BCUT2D eigenvalue weighted by molar-refractivity contribution is 5.92. The van der Waals surface area contributed by atoms with Crippen LogP contribution in [0.5, 0.6) is 0 Å². The number of carbonyl (C=O) groups excluding carboxylic acids is 1. The molecule has 0 radical (unpaired) electrons. The third-order valence-electron chi connectivity index (χ3n) is 5.45. The van der Waals surface area contributed by atoms with E-state index in [4.69, 9.17) is 9.52 Å². The highest BCUT2D eigenvalue weighted by atomic mass is 16.4. The molecule has 3 aromatic carbocycles. The lowest BCUT2D eigenvalue weighted by atomic mass is 9.98. The molecule has 1 heterocycles. The zero-order valence-corrected chi connectivity index (χ0v) is 18.5. The molecule has 0 bridgehead atoms. The minimum absolute atomic E-state index is 0.0675. The first kappa shape index (κ1) is 22.1. The van der Waals surface area contributed by atoms with E-state index < -0.39 is 5.97 Å². The predicted octanol–water partition coefficient (Wildman–Crippen LogP) is 5.64. The van der Waals surface area contributed by atoms with E-state index in [2.05, 4.69) is 15.6 Å². The summed E-state index contributed by atoms with van der Waals surface area (Å²) in [5, 5.41) is 15.0. The van der Waals surface area contributed by atoms with Crippen molar-refractivity contribution in [1.82, 2.24) is 4.98 Å². The van der Waals surface area contributed by atoms with E-state index in [1.165, 1.54) is 0 Å². The maximum atomic E-state index is 12.5. The number of benzene rings is 3. The topological polar surface area (TPSA) is 104 Å². The molecule has 7 nitrogen and oxygen atoms in total. The molecule has 0 unspecified atom stereocenters. The predicted molar refractivity (Wildman–Crippen MR) is 128 cm³/mol. The molecule has 33 heavy (non-hydrogen) atoms. The smallest absolute Gasteiger partial charge is 0.303 e. The molecular formula is C26H25N3O4. The molecule has 3 N–H and O–H groups in total. The number of hydrogen-bond acceptors (Lipinski definition) is 5. The first-order valence-corrected chi connectivity index (χ1v) is 10.7. The van der Waals surface area contributed by atoms with E-state index in [-0.39, 0.29) is 24.7 Å². The van der Waals surface area contributed by atoms with Crippen LogP contribution in [0.1, 0.15) is 36.0 Å². The van der Waals surface area contributed by atoms with Crippen LogP contribution in [0.4, 0.5) is 17.4 Å². The molecule has 4 aromatic rings. The first-order valence-electron chi connectivity index (χ1n) is 10.7. The van der Waals surface area contributed by atoms with Crippen LogP contribution < -0.4 is 10.6 Å². The number of rotatable bonds is 8. The van der Waals surface area contributed by atoms with Gasteiger partial charge in [-0.05, 0) is 59.9 Å². The maximum absolute atomic E-state index is 12.5. The average molecular weight is 444 g/mol. The zero-order valence-electron chi connectivity index (χ0n) is 18.5. The summed E-state index contributed by atoms with van der Waals surface area (Å²) < 4.78 is 5.83. The van der Waals surface area contributed by atoms with Gasteiger partial charge in [-0.15, -0.1) is 0 Å². The van der Waals surface area contributed by atoms with Gasteiger partial charge in [-0.1, -0.05) is 43.3 Å². The second-order valence-electron chi connectivity index (χ2n) is 8.11. The number of amides is 1. The lowest BCUT2D eigenvalue weighted by Crippen LogP contribution is -2.14. The van der Waals surface area contributed by atoms with E-state index in [0.717, 1.165) is 22.4 Å². The molecule has 0 aliphatic heterocycles. The second-order valence-corrected chi connectivity index (χ2v) is 8.11. The molecule has 1 aromatic heterocycles. The molecule has 0 aliphatic rings. The number of aromatic nitrogens is 1. The minimum atomic E-state index is -0.832. The molecule has 7 heteroatoms. The van der Waals surface area contributed by atoms with Crippen molar-refractivity contribution in [2.45, 2.75) is 32.6 Å². The number of carboxylic acid groups (broad SMARTS) is 1. The van der Waals surface area contributed by atoms with Crippen molar-refractivity contribution >= 4 is 40.4 Å². The van der Waals surface area contributed by atoms with Crippen LogP contribution >= 0.6 is 0 Å². The molecular weight excluding hydrogens is 418 g/mol. The van der Waals surface area contributed by atoms with Gasteiger partial charge in [0.15, 0.2) is 5.58 Å². The number of carbonyl (C=O) groups is 2. The van der Waals surface area contributed by atoms with Gasteiger partial charge >= 0.3 is 5.97 Å². The van der Waals surface area contributed by atoms with Crippen LogP contribution in [0.25, 0.3) is 11.1 Å². The summed E-state index contributed by atoms with van der Waals surface area (Å²) in [6.07, 6.45) is 0.256. The summed E-state index contributed by atoms with van der Waals surface area (Å²) in [6.45, 7) is 3.87. The van der Waals surface area contributed by atoms with Gasteiger partial charge in [0, 0.05) is 11.4 Å². The highest BCUT2D eigenvalue weighted by Crippen LogP contribution is 2.25. The zero-order chi connectivity index (χ0) is 23.4. The van der Waals surface area contributed by atoms with Gasteiger partial charge in [0.1, 0.15) is 5.52 Å². The van der Waals surface area contributed by atoms with Crippen molar-refractivity contribution in [3.63, 3.8) is 0 Å². The van der Waals surface area contributed by atoms with Crippen molar-refractivity contribution in [3.05, 3.63) is 83.4 Å². The molecule has 1 atom stereocenters. The fourth-order valence-electron chi connectivity index (χ4n) is 3.63. The van der Waals surface area contributed by atoms with Crippen molar-refractivity contribution < 1.29 is 19.1 Å². The van der Waals surface area contributed by atoms with Gasteiger partial charge in [-0.2, -0.15) is 4.98 Å². The number of oxazole rings is 1. The fourth-order valence-corrected chi connectivity index (χ4v) is 3.63. The third kappa shape index (κ3) is 5.57. The monoisotopic (exact) mass is 443 g/mol. The van der Waals surface area contributed by atoms with E-state index >= 15 is 0 Å². The van der Waals surface area contributed by atoms with Gasteiger partial charge in [0.2, 0.25) is 5.91 Å². The Hall–Kier alpha value is -4.13. The number of carboxylic acids is 1. The summed E-state index contributed by atoms with van der Waals surface area (Å²) in [4.78, 5) is 27.9. The van der Waals surface area contributed by atoms with E-state index in [1.807, 2.05) is 68.4 Å². The van der Waals surface area contributed by atoms with E-state index in [1.54, 1.807) is 12.1 Å². The summed E-state index contributed by atoms with van der Waals surface area (Å²) in [6, 6.07) is 21.0.